The number of aryl methyl sites for hydroxylation is 2. The van der Waals surface area contributed by atoms with Crippen LogP contribution in [0.2, 0.25) is 0 Å². The first-order chi connectivity index (χ1) is 8.60. The highest BCUT2D eigenvalue weighted by molar-refractivity contribution is 5.29. The number of rotatable bonds is 4. The van der Waals surface area contributed by atoms with E-state index >= 15 is 0 Å². The van der Waals surface area contributed by atoms with Crippen molar-refractivity contribution >= 4 is 0 Å². The van der Waals surface area contributed by atoms with Gasteiger partial charge in [-0.25, -0.2) is 0 Å². The molecular weight excluding hydrogens is 224 g/mol. The standard InChI is InChI=1S/C16H24O2/c1-4-16-14(5-6-18-16)15(17)10-13-8-11(2)7-12(3)9-13/h7-9,14-17H,4-6,10H2,1-3H3. The zero-order chi connectivity index (χ0) is 13.1. The molecule has 0 amide bonds. The lowest BCUT2D eigenvalue weighted by atomic mass is 9.89. The van der Waals surface area contributed by atoms with Crippen LogP contribution in [0.5, 0.6) is 0 Å². The highest BCUT2D eigenvalue weighted by Gasteiger charge is 2.32. The second kappa shape index (κ2) is 5.85. The van der Waals surface area contributed by atoms with Gasteiger partial charge >= 0.3 is 0 Å². The Morgan fingerprint density at radius 1 is 1.28 bits per heavy atom. The minimum Gasteiger partial charge on any atom is -0.392 e. The normalized spacial score (nSPS) is 25.3. The summed E-state index contributed by atoms with van der Waals surface area (Å²) in [4.78, 5) is 0. The molecule has 2 rings (SSSR count). The lowest BCUT2D eigenvalue weighted by Gasteiger charge is -2.23. The summed E-state index contributed by atoms with van der Waals surface area (Å²) in [7, 11) is 0. The summed E-state index contributed by atoms with van der Waals surface area (Å²) in [5.74, 6) is 0.302. The molecule has 3 atom stereocenters. The third kappa shape index (κ3) is 3.12. The summed E-state index contributed by atoms with van der Waals surface area (Å²) in [5, 5.41) is 10.4. The van der Waals surface area contributed by atoms with Gasteiger partial charge in [-0.3, -0.25) is 0 Å². The molecule has 100 valence electrons. The fraction of sp³-hybridized carbons (Fsp3) is 0.625. The maximum atomic E-state index is 10.4. The van der Waals surface area contributed by atoms with Crippen molar-refractivity contribution in [3.8, 4) is 0 Å². The fourth-order valence-electron chi connectivity index (χ4n) is 3.11. The van der Waals surface area contributed by atoms with Crippen molar-refractivity contribution in [2.75, 3.05) is 6.61 Å². The largest absolute Gasteiger partial charge is 0.392 e. The molecule has 1 N–H and O–H groups in total. The first kappa shape index (κ1) is 13.6. The predicted molar refractivity (Wildman–Crippen MR) is 73.8 cm³/mol. The number of aliphatic hydroxyl groups excluding tert-OH is 1. The van der Waals surface area contributed by atoms with Crippen LogP contribution >= 0.6 is 0 Å². The van der Waals surface area contributed by atoms with E-state index in [9.17, 15) is 5.11 Å². The molecule has 3 unspecified atom stereocenters. The predicted octanol–water partition coefficient (Wildman–Crippen LogP) is 3.02. The van der Waals surface area contributed by atoms with Crippen LogP contribution in [0.4, 0.5) is 0 Å². The van der Waals surface area contributed by atoms with Crippen LogP contribution in [-0.2, 0) is 11.2 Å². The van der Waals surface area contributed by atoms with Gasteiger partial charge in [0.25, 0.3) is 0 Å². The van der Waals surface area contributed by atoms with Gasteiger partial charge in [-0.1, -0.05) is 36.2 Å². The molecule has 0 spiro atoms. The minimum absolute atomic E-state index is 0.242. The molecule has 2 heteroatoms. The van der Waals surface area contributed by atoms with Crippen molar-refractivity contribution in [2.24, 2.45) is 5.92 Å². The van der Waals surface area contributed by atoms with Gasteiger partial charge in [0.05, 0.1) is 12.2 Å². The van der Waals surface area contributed by atoms with E-state index in [-0.39, 0.29) is 12.2 Å². The van der Waals surface area contributed by atoms with Crippen molar-refractivity contribution in [1.82, 2.24) is 0 Å². The molecular formula is C16H24O2. The summed E-state index contributed by atoms with van der Waals surface area (Å²) >= 11 is 0. The van der Waals surface area contributed by atoms with E-state index in [0.717, 1.165) is 25.9 Å². The molecule has 1 aromatic rings. The van der Waals surface area contributed by atoms with Crippen molar-refractivity contribution < 1.29 is 9.84 Å². The second-order valence-electron chi connectivity index (χ2n) is 5.54. The number of benzene rings is 1. The van der Waals surface area contributed by atoms with Gasteiger partial charge in [0.2, 0.25) is 0 Å². The van der Waals surface area contributed by atoms with Crippen LogP contribution in [0, 0.1) is 19.8 Å². The topological polar surface area (TPSA) is 29.5 Å². The van der Waals surface area contributed by atoms with Crippen LogP contribution in [0.3, 0.4) is 0 Å². The van der Waals surface area contributed by atoms with Crippen LogP contribution < -0.4 is 0 Å². The number of hydrogen-bond acceptors (Lipinski definition) is 2. The van der Waals surface area contributed by atoms with Crippen LogP contribution in [0.25, 0.3) is 0 Å². The number of aliphatic hydroxyl groups is 1. The van der Waals surface area contributed by atoms with Gasteiger partial charge in [-0.05, 0) is 38.7 Å². The second-order valence-corrected chi connectivity index (χ2v) is 5.54. The minimum atomic E-state index is -0.279. The van der Waals surface area contributed by atoms with E-state index < -0.39 is 0 Å². The zero-order valence-corrected chi connectivity index (χ0v) is 11.6. The number of hydrogen-bond donors (Lipinski definition) is 1. The molecule has 0 aliphatic carbocycles. The highest BCUT2D eigenvalue weighted by Crippen LogP contribution is 2.28. The van der Waals surface area contributed by atoms with E-state index in [1.165, 1.54) is 16.7 Å². The molecule has 1 aliphatic heterocycles. The van der Waals surface area contributed by atoms with E-state index in [1.54, 1.807) is 0 Å². The Labute approximate surface area is 110 Å². The SMILES string of the molecule is CCC1OCCC1C(O)Cc1cc(C)cc(C)c1. The van der Waals surface area contributed by atoms with Crippen molar-refractivity contribution in [3.05, 3.63) is 34.9 Å². The third-order valence-corrected chi connectivity index (χ3v) is 3.88. The average molecular weight is 248 g/mol. The van der Waals surface area contributed by atoms with E-state index in [1.807, 2.05) is 0 Å². The summed E-state index contributed by atoms with van der Waals surface area (Å²) in [5.41, 5.74) is 3.78. The fourth-order valence-corrected chi connectivity index (χ4v) is 3.11. The average Bonchev–Trinajstić information content (AvgIpc) is 2.75. The molecule has 2 nitrogen and oxygen atoms in total. The molecule has 18 heavy (non-hydrogen) atoms. The Morgan fingerprint density at radius 3 is 2.56 bits per heavy atom. The Hall–Kier alpha value is -0.860. The van der Waals surface area contributed by atoms with Crippen LogP contribution in [0.15, 0.2) is 18.2 Å². The molecule has 0 bridgehead atoms. The van der Waals surface area contributed by atoms with Crippen LogP contribution in [-0.4, -0.2) is 23.9 Å². The molecule has 1 heterocycles. The Kier molecular flexibility index (Phi) is 4.41. The molecule has 1 fully saturated rings. The lowest BCUT2D eigenvalue weighted by Crippen LogP contribution is -2.29. The first-order valence-corrected chi connectivity index (χ1v) is 6.97. The van der Waals surface area contributed by atoms with Crippen LogP contribution in [0.1, 0.15) is 36.5 Å². The molecule has 1 aliphatic rings. The maximum Gasteiger partial charge on any atom is 0.0634 e. The zero-order valence-electron chi connectivity index (χ0n) is 11.6. The smallest absolute Gasteiger partial charge is 0.0634 e. The molecule has 0 radical (unpaired) electrons. The van der Waals surface area contributed by atoms with Crippen molar-refractivity contribution in [1.29, 1.82) is 0 Å². The first-order valence-electron chi connectivity index (χ1n) is 6.97. The van der Waals surface area contributed by atoms with Gasteiger partial charge in [0.1, 0.15) is 0 Å². The Balaban J connectivity index is 2.04. The van der Waals surface area contributed by atoms with Crippen molar-refractivity contribution in [2.45, 2.75) is 52.2 Å². The maximum absolute atomic E-state index is 10.4. The highest BCUT2D eigenvalue weighted by atomic mass is 16.5. The van der Waals surface area contributed by atoms with Crippen molar-refractivity contribution in [3.63, 3.8) is 0 Å². The Bertz CT molecular complexity index is 380. The molecule has 1 saturated heterocycles. The quantitative estimate of drug-likeness (QED) is 0.887. The summed E-state index contributed by atoms with van der Waals surface area (Å²) in [6, 6.07) is 6.52. The molecule has 1 aromatic carbocycles. The monoisotopic (exact) mass is 248 g/mol. The Morgan fingerprint density at radius 2 is 1.94 bits per heavy atom. The van der Waals surface area contributed by atoms with Gasteiger partial charge in [0, 0.05) is 12.5 Å². The van der Waals surface area contributed by atoms with Gasteiger partial charge in [-0.15, -0.1) is 0 Å². The summed E-state index contributed by atoms with van der Waals surface area (Å²) < 4.78 is 5.66. The summed E-state index contributed by atoms with van der Waals surface area (Å²) in [6.07, 6.45) is 2.69. The summed E-state index contributed by atoms with van der Waals surface area (Å²) in [6.45, 7) is 7.15. The third-order valence-electron chi connectivity index (χ3n) is 3.88. The molecule has 0 saturated carbocycles. The van der Waals surface area contributed by atoms with E-state index in [4.69, 9.17) is 4.74 Å². The lowest BCUT2D eigenvalue weighted by molar-refractivity contribution is 0.0318. The van der Waals surface area contributed by atoms with E-state index in [0.29, 0.717) is 5.92 Å². The van der Waals surface area contributed by atoms with Gasteiger partial charge < -0.3 is 9.84 Å². The van der Waals surface area contributed by atoms with Gasteiger partial charge in [0.15, 0.2) is 0 Å². The van der Waals surface area contributed by atoms with Gasteiger partial charge in [-0.2, -0.15) is 0 Å². The van der Waals surface area contributed by atoms with E-state index in [2.05, 4.69) is 39.0 Å². The number of ether oxygens (including phenoxy) is 1. The molecule has 0 aromatic heterocycles.